The SMILES string of the molecule is C[C@H](NC(=O)c1c(C(F)F)nn(C)c1Oc1cccc(C(F)(F)F)c1)c1cc(F)c(C(=O)O)c(F)c1. The molecule has 0 fully saturated rings. The molecule has 0 unspecified atom stereocenters. The Morgan fingerprint density at radius 1 is 1.08 bits per heavy atom. The molecule has 0 radical (unpaired) electrons. The predicted molar refractivity (Wildman–Crippen MR) is 109 cm³/mol. The molecular weight excluding hydrogens is 503 g/mol. The number of halogens is 7. The molecule has 36 heavy (non-hydrogen) atoms. The molecular formula is C22H16F7N3O4. The number of nitrogens with one attached hydrogen (secondary N) is 1. The van der Waals surface area contributed by atoms with Crippen molar-refractivity contribution in [3.63, 3.8) is 0 Å². The molecule has 1 amide bonds. The molecule has 3 aromatic rings. The number of benzene rings is 2. The maximum atomic E-state index is 14.0. The molecule has 0 aliphatic carbocycles. The molecule has 3 rings (SSSR count). The van der Waals surface area contributed by atoms with Gasteiger partial charge in [-0.15, -0.1) is 0 Å². The largest absolute Gasteiger partial charge is 0.477 e. The summed E-state index contributed by atoms with van der Waals surface area (Å²) in [7, 11) is 1.12. The minimum atomic E-state index is -4.73. The van der Waals surface area contributed by atoms with Gasteiger partial charge in [-0.1, -0.05) is 6.07 Å². The topological polar surface area (TPSA) is 93.5 Å². The number of rotatable bonds is 7. The van der Waals surface area contributed by atoms with Gasteiger partial charge in [0.1, 0.15) is 34.2 Å². The van der Waals surface area contributed by atoms with Crippen LogP contribution in [0.15, 0.2) is 36.4 Å². The first-order chi connectivity index (χ1) is 16.7. The molecule has 14 heteroatoms. The molecule has 1 aromatic heterocycles. The standard InChI is InChI=1S/C22H16F7N3O4/c1-9(10-6-13(23)15(21(34)35)14(24)7-10)30-19(33)16-17(18(25)26)31-32(2)20(16)36-12-5-3-4-11(8-12)22(27,28)29/h3-9,18H,1-2H3,(H,30,33)(H,34,35)/t9-/m0/s1. The van der Waals surface area contributed by atoms with E-state index in [0.29, 0.717) is 18.2 Å². The monoisotopic (exact) mass is 519 g/mol. The Bertz CT molecular complexity index is 1300. The zero-order valence-electron chi connectivity index (χ0n) is 18.3. The number of nitrogens with zero attached hydrogens (tertiary/aromatic N) is 2. The quantitative estimate of drug-likeness (QED) is 0.395. The Morgan fingerprint density at radius 2 is 1.69 bits per heavy atom. The second-order valence-electron chi connectivity index (χ2n) is 7.48. The van der Waals surface area contributed by atoms with E-state index in [-0.39, 0.29) is 5.56 Å². The van der Waals surface area contributed by atoms with E-state index in [1.54, 1.807) is 0 Å². The van der Waals surface area contributed by atoms with Gasteiger partial charge in [-0.05, 0) is 42.8 Å². The van der Waals surface area contributed by atoms with Crippen LogP contribution in [-0.4, -0.2) is 26.8 Å². The van der Waals surface area contributed by atoms with Crippen molar-refractivity contribution in [2.24, 2.45) is 7.05 Å². The number of carbonyl (C=O) groups is 2. The van der Waals surface area contributed by atoms with Gasteiger partial charge in [0, 0.05) is 7.05 Å². The maximum Gasteiger partial charge on any atom is 0.416 e. The predicted octanol–water partition coefficient (Wildman–Crippen LogP) is 5.64. The minimum Gasteiger partial charge on any atom is -0.477 e. The molecule has 0 aliphatic heterocycles. The third-order valence-corrected chi connectivity index (χ3v) is 4.96. The fraction of sp³-hybridized carbons (Fsp3) is 0.227. The molecule has 0 bridgehead atoms. The van der Waals surface area contributed by atoms with Crippen LogP contribution in [0.1, 0.15) is 56.9 Å². The van der Waals surface area contributed by atoms with Crippen molar-refractivity contribution in [2.75, 3.05) is 0 Å². The van der Waals surface area contributed by atoms with Crippen LogP contribution in [0.4, 0.5) is 30.7 Å². The zero-order chi connectivity index (χ0) is 26.9. The number of aryl methyl sites for hydroxylation is 1. The molecule has 2 aromatic carbocycles. The molecule has 1 heterocycles. The van der Waals surface area contributed by atoms with Crippen LogP contribution < -0.4 is 10.1 Å². The van der Waals surface area contributed by atoms with Gasteiger partial charge in [-0.3, -0.25) is 4.79 Å². The van der Waals surface area contributed by atoms with Gasteiger partial charge in [-0.25, -0.2) is 27.0 Å². The lowest BCUT2D eigenvalue weighted by Gasteiger charge is -2.16. The third kappa shape index (κ3) is 5.42. The number of amides is 1. The molecule has 0 saturated carbocycles. The molecule has 0 aliphatic rings. The summed E-state index contributed by atoms with van der Waals surface area (Å²) in [6, 6.07) is 3.53. The van der Waals surface area contributed by atoms with Crippen molar-refractivity contribution in [2.45, 2.75) is 25.6 Å². The first-order valence-corrected chi connectivity index (χ1v) is 9.94. The van der Waals surface area contributed by atoms with Crippen molar-refractivity contribution >= 4 is 11.9 Å². The lowest BCUT2D eigenvalue weighted by Crippen LogP contribution is -2.28. The van der Waals surface area contributed by atoms with E-state index in [0.717, 1.165) is 29.9 Å². The van der Waals surface area contributed by atoms with Crippen molar-refractivity contribution in [3.05, 3.63) is 76.0 Å². The number of hydrogen-bond acceptors (Lipinski definition) is 4. The minimum absolute atomic E-state index is 0.230. The van der Waals surface area contributed by atoms with Gasteiger partial charge < -0.3 is 15.2 Å². The van der Waals surface area contributed by atoms with E-state index in [4.69, 9.17) is 9.84 Å². The zero-order valence-corrected chi connectivity index (χ0v) is 18.3. The molecule has 0 saturated heterocycles. The number of aromatic nitrogens is 2. The van der Waals surface area contributed by atoms with Crippen LogP contribution in [-0.2, 0) is 13.2 Å². The van der Waals surface area contributed by atoms with Crippen LogP contribution in [0, 0.1) is 11.6 Å². The Morgan fingerprint density at radius 3 is 2.22 bits per heavy atom. The van der Waals surface area contributed by atoms with Crippen molar-refractivity contribution in [3.8, 4) is 11.6 Å². The highest BCUT2D eigenvalue weighted by atomic mass is 19.4. The lowest BCUT2D eigenvalue weighted by atomic mass is 10.0. The van der Waals surface area contributed by atoms with Crippen LogP contribution in [0.2, 0.25) is 0 Å². The molecule has 192 valence electrons. The van der Waals surface area contributed by atoms with Crippen molar-refractivity contribution in [1.29, 1.82) is 0 Å². The van der Waals surface area contributed by atoms with Gasteiger partial charge in [-0.2, -0.15) is 18.3 Å². The first-order valence-electron chi connectivity index (χ1n) is 9.94. The smallest absolute Gasteiger partial charge is 0.416 e. The average Bonchev–Trinajstić information content (AvgIpc) is 3.09. The van der Waals surface area contributed by atoms with Crippen LogP contribution in [0.5, 0.6) is 11.6 Å². The average molecular weight is 519 g/mol. The van der Waals surface area contributed by atoms with Crippen molar-refractivity contribution < 1.29 is 50.2 Å². The fourth-order valence-corrected chi connectivity index (χ4v) is 3.26. The summed E-state index contributed by atoms with van der Waals surface area (Å²) in [5.41, 5.74) is -4.42. The Kier molecular flexibility index (Phi) is 7.27. The van der Waals surface area contributed by atoms with Gasteiger partial charge in [0.2, 0.25) is 5.88 Å². The van der Waals surface area contributed by atoms with E-state index in [1.165, 1.54) is 6.92 Å². The number of carbonyl (C=O) groups excluding carboxylic acids is 1. The molecule has 0 spiro atoms. The van der Waals surface area contributed by atoms with Crippen LogP contribution >= 0.6 is 0 Å². The van der Waals surface area contributed by atoms with E-state index in [2.05, 4.69) is 10.4 Å². The highest BCUT2D eigenvalue weighted by molar-refractivity contribution is 5.98. The number of aromatic carboxylic acids is 1. The van der Waals surface area contributed by atoms with E-state index >= 15 is 0 Å². The molecule has 1 atom stereocenters. The van der Waals surface area contributed by atoms with E-state index in [9.17, 15) is 40.3 Å². The number of alkyl halides is 5. The Hall–Kier alpha value is -4.10. The third-order valence-electron chi connectivity index (χ3n) is 4.96. The summed E-state index contributed by atoms with van der Waals surface area (Å²) in [6.45, 7) is 1.23. The van der Waals surface area contributed by atoms with Crippen LogP contribution in [0.25, 0.3) is 0 Å². The summed E-state index contributed by atoms with van der Waals surface area (Å²) in [5, 5.41) is 14.6. The van der Waals surface area contributed by atoms with Gasteiger partial charge in [0.15, 0.2) is 0 Å². The summed E-state index contributed by atoms with van der Waals surface area (Å²) in [4.78, 5) is 23.9. The van der Waals surface area contributed by atoms with E-state index < -0.39 is 76.2 Å². The van der Waals surface area contributed by atoms with Gasteiger partial charge in [0.05, 0.1) is 11.6 Å². The number of carboxylic acid groups (broad SMARTS) is 1. The second kappa shape index (κ2) is 9.87. The highest BCUT2D eigenvalue weighted by Crippen LogP contribution is 2.36. The van der Waals surface area contributed by atoms with Gasteiger partial charge >= 0.3 is 12.1 Å². The summed E-state index contributed by atoms with van der Waals surface area (Å²) < 4.78 is 100. The Balaban J connectivity index is 1.97. The number of carboxylic acids is 1. The van der Waals surface area contributed by atoms with Crippen LogP contribution in [0.3, 0.4) is 0 Å². The van der Waals surface area contributed by atoms with Gasteiger partial charge in [0.25, 0.3) is 12.3 Å². The summed E-state index contributed by atoms with van der Waals surface area (Å²) in [6.07, 6.45) is -8.02. The molecule has 7 nitrogen and oxygen atoms in total. The second-order valence-corrected chi connectivity index (χ2v) is 7.48. The lowest BCUT2D eigenvalue weighted by molar-refractivity contribution is -0.137. The number of hydrogen-bond donors (Lipinski definition) is 2. The number of ether oxygens (including phenoxy) is 1. The summed E-state index contributed by atoms with van der Waals surface area (Å²) in [5.74, 6) is -7.00. The Labute approximate surface area is 198 Å². The fourth-order valence-electron chi connectivity index (χ4n) is 3.26. The van der Waals surface area contributed by atoms with Crippen molar-refractivity contribution in [1.82, 2.24) is 15.1 Å². The van der Waals surface area contributed by atoms with E-state index in [1.807, 2.05) is 0 Å². The first kappa shape index (κ1) is 26.5. The molecule has 2 N–H and O–H groups in total. The highest BCUT2D eigenvalue weighted by Gasteiger charge is 2.33. The summed E-state index contributed by atoms with van der Waals surface area (Å²) >= 11 is 0. The maximum absolute atomic E-state index is 14.0. The normalized spacial score (nSPS) is 12.5.